The first-order chi connectivity index (χ1) is 8.84. The number of hydrogen-bond acceptors (Lipinski definition) is 3. The fourth-order valence-corrected chi connectivity index (χ4v) is 1.96. The molecule has 1 aliphatic rings. The number of rotatable bonds is 2. The summed E-state index contributed by atoms with van der Waals surface area (Å²) in [5.74, 6) is 0.974. The summed E-state index contributed by atoms with van der Waals surface area (Å²) in [7, 11) is 1.97. The van der Waals surface area contributed by atoms with Crippen LogP contribution >= 0.6 is 0 Å². The molecule has 5 heteroatoms. The van der Waals surface area contributed by atoms with E-state index in [0.717, 1.165) is 17.1 Å². The van der Waals surface area contributed by atoms with Crippen LogP contribution in [0, 0.1) is 0 Å². The van der Waals surface area contributed by atoms with E-state index in [4.69, 9.17) is 0 Å². The highest BCUT2D eigenvalue weighted by Gasteiger charge is 2.28. The number of hydrazine groups is 3. The van der Waals surface area contributed by atoms with E-state index in [-0.39, 0.29) is 12.4 Å². The zero-order chi connectivity index (χ0) is 12.4. The number of halogens is 1. The molecule has 0 aromatic heterocycles. The molecule has 2 N–H and O–H groups in total. The highest BCUT2D eigenvalue weighted by molar-refractivity contribution is 5.94. The van der Waals surface area contributed by atoms with E-state index >= 15 is 0 Å². The molecule has 0 saturated carbocycles. The summed E-state index contributed by atoms with van der Waals surface area (Å²) >= 11 is 0. The van der Waals surface area contributed by atoms with Crippen molar-refractivity contribution >= 4 is 11.5 Å². The fraction of sp³-hybridized carbons (Fsp3) is 0.0714. The third kappa shape index (κ3) is 2.70. The molecule has 0 saturated heterocycles. The SMILES string of the molecule is CN1NC(c2ccccc2)=[NH+]N1c1ccccc1.[Cl-]. The normalized spacial score (nSPS) is 14.6. The largest absolute Gasteiger partial charge is 1.00 e. The van der Waals surface area contributed by atoms with Gasteiger partial charge in [-0.25, -0.2) is 0 Å². The lowest BCUT2D eigenvalue weighted by Gasteiger charge is -2.15. The first kappa shape index (κ1) is 13.4. The Labute approximate surface area is 118 Å². The second-order valence-electron chi connectivity index (χ2n) is 4.14. The van der Waals surface area contributed by atoms with E-state index in [9.17, 15) is 0 Å². The van der Waals surface area contributed by atoms with Crippen molar-refractivity contribution in [3.05, 3.63) is 66.2 Å². The van der Waals surface area contributed by atoms with Gasteiger partial charge in [0, 0.05) is 0 Å². The van der Waals surface area contributed by atoms with E-state index in [1.165, 1.54) is 0 Å². The summed E-state index contributed by atoms with van der Waals surface area (Å²) in [6, 6.07) is 20.4. The molecule has 0 spiro atoms. The van der Waals surface area contributed by atoms with Crippen molar-refractivity contribution in [1.29, 1.82) is 0 Å². The number of anilines is 1. The van der Waals surface area contributed by atoms with Gasteiger partial charge in [-0.15, -0.1) is 5.12 Å². The van der Waals surface area contributed by atoms with Crippen LogP contribution in [-0.4, -0.2) is 18.0 Å². The van der Waals surface area contributed by atoms with E-state index in [1.54, 1.807) is 0 Å². The van der Waals surface area contributed by atoms with Crippen molar-refractivity contribution in [2.45, 2.75) is 0 Å². The lowest BCUT2D eigenvalue weighted by atomic mass is 10.2. The maximum atomic E-state index is 3.34. The van der Waals surface area contributed by atoms with Crippen molar-refractivity contribution in [1.82, 2.24) is 10.5 Å². The summed E-state index contributed by atoms with van der Waals surface area (Å²) in [6.07, 6.45) is 0. The first-order valence-corrected chi connectivity index (χ1v) is 5.89. The Hall–Kier alpha value is -2.04. The van der Waals surface area contributed by atoms with Gasteiger partial charge in [-0.1, -0.05) is 36.4 Å². The minimum absolute atomic E-state index is 0. The molecule has 1 heterocycles. The monoisotopic (exact) mass is 274 g/mol. The Balaban J connectivity index is 0.00000133. The molecule has 4 nitrogen and oxygen atoms in total. The Morgan fingerprint density at radius 1 is 0.895 bits per heavy atom. The Bertz CT molecular complexity index is 556. The number of hydrogen-bond donors (Lipinski definition) is 2. The molecule has 0 aliphatic carbocycles. The quantitative estimate of drug-likeness (QED) is 0.626. The molecular formula is C14H15ClN4. The summed E-state index contributed by atoms with van der Waals surface area (Å²) < 4.78 is 0. The first-order valence-electron chi connectivity index (χ1n) is 5.89. The van der Waals surface area contributed by atoms with Crippen LogP contribution in [0.15, 0.2) is 60.7 Å². The van der Waals surface area contributed by atoms with Crippen LogP contribution in [0.5, 0.6) is 0 Å². The topological polar surface area (TPSA) is 32.5 Å². The zero-order valence-electron chi connectivity index (χ0n) is 10.5. The number of nitrogens with one attached hydrogen (secondary N) is 2. The van der Waals surface area contributed by atoms with Crippen molar-refractivity contribution in [3.63, 3.8) is 0 Å². The van der Waals surface area contributed by atoms with Crippen molar-refractivity contribution < 1.29 is 17.5 Å². The molecule has 98 valence electrons. The van der Waals surface area contributed by atoms with Crippen LogP contribution in [0.1, 0.15) is 5.56 Å². The summed E-state index contributed by atoms with van der Waals surface area (Å²) in [5, 5.41) is 7.21. The van der Waals surface area contributed by atoms with Gasteiger partial charge in [-0.05, 0) is 29.4 Å². The Morgan fingerprint density at radius 3 is 2.11 bits per heavy atom. The molecule has 2 aromatic carbocycles. The fourth-order valence-electron chi connectivity index (χ4n) is 1.96. The third-order valence-corrected chi connectivity index (χ3v) is 2.85. The average Bonchev–Trinajstić information content (AvgIpc) is 2.83. The van der Waals surface area contributed by atoms with Crippen LogP contribution in [0.2, 0.25) is 0 Å². The predicted molar refractivity (Wildman–Crippen MR) is 71.3 cm³/mol. The molecular weight excluding hydrogens is 260 g/mol. The smallest absolute Gasteiger partial charge is 0.319 e. The van der Waals surface area contributed by atoms with Crippen LogP contribution in [0.4, 0.5) is 5.69 Å². The lowest BCUT2D eigenvalue weighted by molar-refractivity contribution is -0.486. The molecule has 19 heavy (non-hydrogen) atoms. The molecule has 0 unspecified atom stereocenters. The van der Waals surface area contributed by atoms with Gasteiger partial charge < -0.3 is 12.4 Å². The van der Waals surface area contributed by atoms with Gasteiger partial charge in [-0.2, -0.15) is 10.5 Å². The standard InChI is InChI=1S/C14H14N4.ClH/c1-17-15-14(12-8-4-2-5-9-12)16-18(17)13-10-6-3-7-11-13;/h2-11H,1H3,(H,15,16);1H. The number of nitrogens with zero attached hydrogens (tertiary/aromatic N) is 2. The number of benzene rings is 2. The van der Waals surface area contributed by atoms with Crippen molar-refractivity contribution in [3.8, 4) is 0 Å². The summed E-state index contributed by atoms with van der Waals surface area (Å²) in [6.45, 7) is 0. The molecule has 0 fully saturated rings. The Morgan fingerprint density at radius 2 is 1.47 bits per heavy atom. The van der Waals surface area contributed by atoms with Gasteiger partial charge in [-0.3, -0.25) is 0 Å². The highest BCUT2D eigenvalue weighted by Crippen LogP contribution is 2.10. The Kier molecular flexibility index (Phi) is 4.04. The molecule has 0 bridgehead atoms. The average molecular weight is 275 g/mol. The maximum Gasteiger partial charge on any atom is 0.319 e. The molecule has 1 aliphatic heterocycles. The van der Waals surface area contributed by atoms with Crippen molar-refractivity contribution in [2.24, 2.45) is 0 Å². The van der Waals surface area contributed by atoms with Gasteiger partial charge in [0.2, 0.25) is 0 Å². The summed E-state index contributed by atoms with van der Waals surface area (Å²) in [4.78, 5) is 0. The van der Waals surface area contributed by atoms with Gasteiger partial charge in [0.15, 0.2) is 0 Å². The van der Waals surface area contributed by atoms with E-state index in [2.05, 4.69) is 34.8 Å². The molecule has 0 radical (unpaired) electrons. The highest BCUT2D eigenvalue weighted by atomic mass is 35.5. The zero-order valence-corrected chi connectivity index (χ0v) is 11.3. The second-order valence-corrected chi connectivity index (χ2v) is 4.14. The molecule has 0 amide bonds. The van der Waals surface area contributed by atoms with Gasteiger partial charge in [0.1, 0.15) is 5.69 Å². The lowest BCUT2D eigenvalue weighted by Crippen LogP contribution is -3.00. The molecule has 2 aromatic rings. The van der Waals surface area contributed by atoms with Gasteiger partial charge in [0.05, 0.1) is 12.6 Å². The van der Waals surface area contributed by atoms with E-state index in [1.807, 2.05) is 53.7 Å². The minimum Gasteiger partial charge on any atom is -1.00 e. The number of hydrazone groups is 1. The van der Waals surface area contributed by atoms with E-state index in [0.29, 0.717) is 0 Å². The number of amidine groups is 1. The molecule has 3 rings (SSSR count). The van der Waals surface area contributed by atoms with E-state index < -0.39 is 0 Å². The van der Waals surface area contributed by atoms with Crippen LogP contribution in [0.3, 0.4) is 0 Å². The van der Waals surface area contributed by atoms with Gasteiger partial charge >= 0.3 is 5.84 Å². The van der Waals surface area contributed by atoms with Crippen LogP contribution in [0.25, 0.3) is 0 Å². The van der Waals surface area contributed by atoms with Crippen molar-refractivity contribution in [2.75, 3.05) is 12.2 Å². The molecule has 0 atom stereocenters. The van der Waals surface area contributed by atoms with Gasteiger partial charge in [0.25, 0.3) is 0 Å². The number of para-hydroxylation sites is 1. The van der Waals surface area contributed by atoms with Crippen LogP contribution < -0.4 is 28.1 Å². The van der Waals surface area contributed by atoms with Crippen LogP contribution in [-0.2, 0) is 0 Å². The second kappa shape index (κ2) is 5.73. The summed E-state index contributed by atoms with van der Waals surface area (Å²) in [5.41, 5.74) is 5.49. The minimum atomic E-state index is 0. The predicted octanol–water partition coefficient (Wildman–Crippen LogP) is -2.70. The third-order valence-electron chi connectivity index (χ3n) is 2.85. The maximum absolute atomic E-state index is 3.34.